The first kappa shape index (κ1) is 25.2. The largest absolute Gasteiger partial charge is 0.497 e. The zero-order valence-corrected chi connectivity index (χ0v) is 19.8. The third-order valence-corrected chi connectivity index (χ3v) is 5.93. The van der Waals surface area contributed by atoms with Crippen LogP contribution in [0.3, 0.4) is 0 Å². The van der Waals surface area contributed by atoms with Gasteiger partial charge in [-0.15, -0.1) is 0 Å². The van der Waals surface area contributed by atoms with Gasteiger partial charge in [-0.05, 0) is 30.5 Å². The molecule has 0 spiro atoms. The number of carbonyl (C=O) groups is 3. The molecule has 1 fully saturated rings. The first-order valence-corrected chi connectivity index (χ1v) is 11.7. The number of nitrogens with one attached hydrogen (secondary N) is 3. The Balaban J connectivity index is 1.44. The molecule has 0 unspecified atom stereocenters. The molecule has 3 amide bonds. The van der Waals surface area contributed by atoms with Crippen LogP contribution >= 0.6 is 0 Å². The molecule has 0 radical (unpaired) electrons. The third-order valence-electron chi connectivity index (χ3n) is 5.93. The zero-order chi connectivity index (χ0) is 24.4. The van der Waals surface area contributed by atoms with Crippen LogP contribution in [0.15, 0.2) is 28.8 Å². The number of ether oxygens (including phenoxy) is 1. The molecule has 2 aromatic rings. The molecule has 10 heteroatoms. The van der Waals surface area contributed by atoms with Crippen LogP contribution < -0.4 is 20.7 Å². The molecule has 0 bridgehead atoms. The minimum atomic E-state index is -0.617. The first-order chi connectivity index (χ1) is 16.4. The summed E-state index contributed by atoms with van der Waals surface area (Å²) in [6.07, 6.45) is 6.07. The highest BCUT2D eigenvalue weighted by Gasteiger charge is 2.38. The number of methoxy groups -OCH3 is 1. The van der Waals surface area contributed by atoms with E-state index in [1.165, 1.54) is 6.92 Å². The number of aromatic nitrogens is 2. The predicted octanol–water partition coefficient (Wildman–Crippen LogP) is 2.13. The molecule has 3 N–H and O–H groups in total. The summed E-state index contributed by atoms with van der Waals surface area (Å²) in [6, 6.07) is 7.36. The Morgan fingerprint density at radius 2 is 1.74 bits per heavy atom. The molecular formula is C24H33N5O5. The Labute approximate surface area is 199 Å². The van der Waals surface area contributed by atoms with E-state index in [2.05, 4.69) is 26.1 Å². The van der Waals surface area contributed by atoms with Crippen molar-refractivity contribution in [3.8, 4) is 5.75 Å². The van der Waals surface area contributed by atoms with Gasteiger partial charge in [0, 0.05) is 26.3 Å². The van der Waals surface area contributed by atoms with Crippen LogP contribution in [0.5, 0.6) is 5.75 Å². The van der Waals surface area contributed by atoms with Crippen molar-refractivity contribution in [2.45, 2.75) is 70.4 Å². The summed E-state index contributed by atoms with van der Waals surface area (Å²) in [7, 11) is 1.59. The maximum atomic E-state index is 12.2. The topological polar surface area (TPSA) is 135 Å². The highest BCUT2D eigenvalue weighted by atomic mass is 16.5. The van der Waals surface area contributed by atoms with Crippen LogP contribution in [0, 0.1) is 0 Å². The molecule has 0 saturated heterocycles. The van der Waals surface area contributed by atoms with Crippen LogP contribution in [0.4, 0.5) is 0 Å². The van der Waals surface area contributed by atoms with E-state index in [0.717, 1.165) is 49.8 Å². The summed E-state index contributed by atoms with van der Waals surface area (Å²) < 4.78 is 10.5. The maximum Gasteiger partial charge on any atom is 0.239 e. The van der Waals surface area contributed by atoms with E-state index in [0.29, 0.717) is 18.3 Å². The second-order valence-electron chi connectivity index (χ2n) is 8.59. The summed E-state index contributed by atoms with van der Waals surface area (Å²) in [5.41, 5.74) is 0.312. The van der Waals surface area contributed by atoms with E-state index < -0.39 is 5.54 Å². The second-order valence-corrected chi connectivity index (χ2v) is 8.59. The molecule has 1 heterocycles. The van der Waals surface area contributed by atoms with Gasteiger partial charge in [-0.25, -0.2) is 0 Å². The highest BCUT2D eigenvalue weighted by molar-refractivity contribution is 5.84. The van der Waals surface area contributed by atoms with Crippen molar-refractivity contribution in [2.24, 2.45) is 0 Å². The van der Waals surface area contributed by atoms with Gasteiger partial charge in [0.05, 0.1) is 13.7 Å². The summed E-state index contributed by atoms with van der Waals surface area (Å²) in [5.74, 6) is 0.856. The van der Waals surface area contributed by atoms with Gasteiger partial charge in [-0.1, -0.05) is 43.0 Å². The molecule has 0 aliphatic heterocycles. The Kier molecular flexibility index (Phi) is 9.00. The van der Waals surface area contributed by atoms with Gasteiger partial charge in [-0.3, -0.25) is 14.4 Å². The lowest BCUT2D eigenvalue weighted by Gasteiger charge is -2.30. The Morgan fingerprint density at radius 3 is 2.38 bits per heavy atom. The average Bonchev–Trinajstić information content (AvgIpc) is 3.20. The number of amides is 3. The van der Waals surface area contributed by atoms with Gasteiger partial charge in [0.15, 0.2) is 5.82 Å². The van der Waals surface area contributed by atoms with Crippen molar-refractivity contribution in [1.29, 1.82) is 0 Å². The summed E-state index contributed by atoms with van der Waals surface area (Å²) in [4.78, 5) is 40.5. The number of aryl methyl sites for hydroxylation is 1. The van der Waals surface area contributed by atoms with E-state index in [-0.39, 0.29) is 37.1 Å². The average molecular weight is 472 g/mol. The lowest BCUT2D eigenvalue weighted by molar-refractivity contribution is -0.126. The highest BCUT2D eigenvalue weighted by Crippen LogP contribution is 2.34. The van der Waals surface area contributed by atoms with E-state index >= 15 is 0 Å². The monoisotopic (exact) mass is 471 g/mol. The van der Waals surface area contributed by atoms with Crippen molar-refractivity contribution in [3.63, 3.8) is 0 Å². The van der Waals surface area contributed by atoms with Gasteiger partial charge in [0.2, 0.25) is 23.6 Å². The normalized spacial score (nSPS) is 15.1. The van der Waals surface area contributed by atoms with Crippen molar-refractivity contribution in [2.75, 3.05) is 13.7 Å². The first-order valence-electron chi connectivity index (χ1n) is 11.7. The molecule has 1 aromatic carbocycles. The van der Waals surface area contributed by atoms with Crippen LogP contribution in [-0.2, 0) is 32.9 Å². The van der Waals surface area contributed by atoms with Crippen LogP contribution in [0.1, 0.15) is 69.1 Å². The van der Waals surface area contributed by atoms with Crippen LogP contribution in [0.25, 0.3) is 0 Å². The smallest absolute Gasteiger partial charge is 0.239 e. The van der Waals surface area contributed by atoms with Gasteiger partial charge < -0.3 is 25.2 Å². The number of hydrogen-bond donors (Lipinski definition) is 3. The third kappa shape index (κ3) is 7.29. The Morgan fingerprint density at radius 1 is 1.03 bits per heavy atom. The number of nitrogens with zero attached hydrogens (tertiary/aromatic N) is 2. The number of carbonyl (C=O) groups excluding carboxylic acids is 3. The predicted molar refractivity (Wildman–Crippen MR) is 124 cm³/mol. The van der Waals surface area contributed by atoms with Crippen LogP contribution in [0.2, 0.25) is 0 Å². The van der Waals surface area contributed by atoms with E-state index in [1.807, 2.05) is 24.3 Å². The fraction of sp³-hybridized carbons (Fsp3) is 0.542. The maximum absolute atomic E-state index is 12.2. The van der Waals surface area contributed by atoms with E-state index in [9.17, 15) is 14.4 Å². The minimum absolute atomic E-state index is 0.112. The SMILES string of the molecule is COc1ccc(CNC(=O)CNC(=O)CCc2nc(C3(NC(C)=O)CCCCCC3)no2)cc1. The Hall–Kier alpha value is -3.43. The van der Waals surface area contributed by atoms with E-state index in [1.54, 1.807) is 7.11 Å². The minimum Gasteiger partial charge on any atom is -0.497 e. The zero-order valence-electron chi connectivity index (χ0n) is 19.8. The number of benzene rings is 1. The summed E-state index contributed by atoms with van der Waals surface area (Å²) in [6.45, 7) is 1.74. The standard InChI is InChI=1S/C24H33N5O5/c1-17(30)28-24(13-5-3-4-6-14-24)23-27-22(34-29-23)12-11-20(31)26-16-21(32)25-15-18-7-9-19(33-2)10-8-18/h7-10H,3-6,11-16H2,1-2H3,(H,25,32)(H,26,31)(H,28,30). The fourth-order valence-electron chi connectivity index (χ4n) is 4.12. The number of hydrogen-bond acceptors (Lipinski definition) is 7. The van der Waals surface area contributed by atoms with Crippen molar-refractivity contribution in [3.05, 3.63) is 41.5 Å². The van der Waals surface area contributed by atoms with E-state index in [4.69, 9.17) is 9.26 Å². The van der Waals surface area contributed by atoms with Gasteiger partial charge in [0.1, 0.15) is 11.3 Å². The van der Waals surface area contributed by atoms with Crippen molar-refractivity contribution >= 4 is 17.7 Å². The molecule has 10 nitrogen and oxygen atoms in total. The van der Waals surface area contributed by atoms with Gasteiger partial charge in [0.25, 0.3) is 0 Å². The van der Waals surface area contributed by atoms with Crippen molar-refractivity contribution < 1.29 is 23.6 Å². The lowest BCUT2D eigenvalue weighted by Crippen LogP contribution is -2.45. The van der Waals surface area contributed by atoms with Gasteiger partial charge in [-0.2, -0.15) is 4.98 Å². The second kappa shape index (κ2) is 12.2. The molecular weight excluding hydrogens is 438 g/mol. The molecule has 1 aliphatic carbocycles. The Bertz CT molecular complexity index is 964. The fourth-order valence-corrected chi connectivity index (χ4v) is 4.12. The van der Waals surface area contributed by atoms with Crippen molar-refractivity contribution in [1.82, 2.24) is 26.1 Å². The number of rotatable bonds is 10. The molecule has 184 valence electrons. The molecule has 1 aromatic heterocycles. The quantitative estimate of drug-likeness (QED) is 0.452. The molecule has 34 heavy (non-hydrogen) atoms. The molecule has 1 saturated carbocycles. The molecule has 1 aliphatic rings. The van der Waals surface area contributed by atoms with Gasteiger partial charge >= 0.3 is 0 Å². The summed E-state index contributed by atoms with van der Waals surface area (Å²) >= 11 is 0. The van der Waals surface area contributed by atoms with Crippen LogP contribution in [-0.4, -0.2) is 41.5 Å². The lowest BCUT2D eigenvalue weighted by atomic mass is 9.89. The molecule has 3 rings (SSSR count). The molecule has 0 atom stereocenters. The summed E-state index contributed by atoms with van der Waals surface area (Å²) in [5, 5.41) is 12.5.